The summed E-state index contributed by atoms with van der Waals surface area (Å²) in [6.45, 7) is 0. The lowest BCUT2D eigenvalue weighted by Crippen LogP contribution is -2.34. The standard InChI is InChI=1S/C19H23NO4S/c21-19(20-16-8-4-1-2-5-9-16)18-15(12-13-24-18)14-25(22,23)17-10-6-3-7-11-17/h3,6-7,10-13,16H,1-2,4-5,8-9,14H2,(H,20,21). The van der Waals surface area contributed by atoms with Gasteiger partial charge in [0.1, 0.15) is 0 Å². The number of sulfone groups is 1. The average molecular weight is 361 g/mol. The second-order valence-electron chi connectivity index (χ2n) is 6.51. The van der Waals surface area contributed by atoms with Gasteiger partial charge in [0.2, 0.25) is 0 Å². The maximum absolute atomic E-state index is 12.5. The number of nitrogens with one attached hydrogen (secondary N) is 1. The number of carbonyl (C=O) groups is 1. The smallest absolute Gasteiger partial charge is 0.287 e. The molecule has 134 valence electrons. The van der Waals surface area contributed by atoms with Gasteiger partial charge in [-0.3, -0.25) is 4.79 Å². The van der Waals surface area contributed by atoms with E-state index in [2.05, 4.69) is 5.32 Å². The van der Waals surface area contributed by atoms with Gasteiger partial charge in [0, 0.05) is 11.6 Å². The summed E-state index contributed by atoms with van der Waals surface area (Å²) >= 11 is 0. The van der Waals surface area contributed by atoms with E-state index in [1.807, 2.05) is 0 Å². The van der Waals surface area contributed by atoms with E-state index in [0.717, 1.165) is 25.7 Å². The van der Waals surface area contributed by atoms with Gasteiger partial charge in [-0.15, -0.1) is 0 Å². The molecule has 25 heavy (non-hydrogen) atoms. The number of carbonyl (C=O) groups excluding carboxylic acids is 1. The van der Waals surface area contributed by atoms with Gasteiger partial charge in [-0.25, -0.2) is 8.42 Å². The molecule has 0 radical (unpaired) electrons. The van der Waals surface area contributed by atoms with Crippen molar-refractivity contribution < 1.29 is 17.6 Å². The first-order valence-corrected chi connectivity index (χ1v) is 10.4. The second kappa shape index (κ2) is 7.87. The quantitative estimate of drug-likeness (QED) is 0.824. The lowest BCUT2D eigenvalue weighted by Gasteiger charge is -2.15. The van der Waals surface area contributed by atoms with Crippen LogP contribution >= 0.6 is 0 Å². The topological polar surface area (TPSA) is 76.4 Å². The van der Waals surface area contributed by atoms with Crippen LogP contribution in [0.25, 0.3) is 0 Å². The molecule has 0 spiro atoms. The van der Waals surface area contributed by atoms with Gasteiger partial charge in [0.15, 0.2) is 15.6 Å². The van der Waals surface area contributed by atoms with Gasteiger partial charge >= 0.3 is 0 Å². The van der Waals surface area contributed by atoms with Crippen molar-refractivity contribution in [2.75, 3.05) is 0 Å². The van der Waals surface area contributed by atoms with Crippen LogP contribution in [0.3, 0.4) is 0 Å². The Morgan fingerprint density at radius 3 is 2.40 bits per heavy atom. The Kier molecular flexibility index (Phi) is 5.58. The molecule has 1 heterocycles. The molecule has 1 aliphatic carbocycles. The molecule has 0 atom stereocenters. The molecule has 1 saturated carbocycles. The molecule has 1 aromatic carbocycles. The van der Waals surface area contributed by atoms with Crippen molar-refractivity contribution in [1.82, 2.24) is 5.32 Å². The van der Waals surface area contributed by atoms with Gasteiger partial charge < -0.3 is 9.73 Å². The predicted molar refractivity (Wildman–Crippen MR) is 95.0 cm³/mol. The summed E-state index contributed by atoms with van der Waals surface area (Å²) in [5.74, 6) is -0.472. The third-order valence-corrected chi connectivity index (χ3v) is 6.27. The Labute approximate surface area is 148 Å². The number of hydrogen-bond acceptors (Lipinski definition) is 4. The Hall–Kier alpha value is -2.08. The van der Waals surface area contributed by atoms with Crippen LogP contribution in [0.4, 0.5) is 0 Å². The summed E-state index contributed by atoms with van der Waals surface area (Å²) in [7, 11) is -3.52. The minimum Gasteiger partial charge on any atom is -0.459 e. The highest BCUT2D eigenvalue weighted by Crippen LogP contribution is 2.21. The molecule has 2 aromatic rings. The van der Waals surface area contributed by atoms with Crippen LogP contribution in [-0.2, 0) is 15.6 Å². The van der Waals surface area contributed by atoms with Crippen LogP contribution in [0.2, 0.25) is 0 Å². The van der Waals surface area contributed by atoms with E-state index in [1.54, 1.807) is 36.4 Å². The van der Waals surface area contributed by atoms with Crippen LogP contribution in [0.1, 0.15) is 54.6 Å². The summed E-state index contributed by atoms with van der Waals surface area (Å²) in [5, 5.41) is 3.00. The zero-order valence-corrected chi connectivity index (χ0v) is 14.9. The number of furan rings is 1. The van der Waals surface area contributed by atoms with Crippen molar-refractivity contribution in [3.05, 3.63) is 54.0 Å². The van der Waals surface area contributed by atoms with E-state index in [4.69, 9.17) is 4.42 Å². The third kappa shape index (κ3) is 4.51. The largest absolute Gasteiger partial charge is 0.459 e. The molecule has 5 nitrogen and oxygen atoms in total. The molecule has 0 aliphatic heterocycles. The molecule has 1 amide bonds. The average Bonchev–Trinajstić information content (AvgIpc) is 2.90. The number of rotatable bonds is 5. The van der Waals surface area contributed by atoms with Crippen molar-refractivity contribution in [2.45, 2.75) is 55.2 Å². The van der Waals surface area contributed by atoms with Gasteiger partial charge in [0.25, 0.3) is 5.91 Å². The van der Waals surface area contributed by atoms with E-state index in [1.165, 1.54) is 19.1 Å². The Morgan fingerprint density at radius 1 is 1.04 bits per heavy atom. The third-order valence-electron chi connectivity index (χ3n) is 4.59. The van der Waals surface area contributed by atoms with Gasteiger partial charge in [-0.1, -0.05) is 43.9 Å². The van der Waals surface area contributed by atoms with E-state index in [9.17, 15) is 13.2 Å². The predicted octanol–water partition coefficient (Wildman–Crippen LogP) is 3.71. The monoisotopic (exact) mass is 361 g/mol. The summed E-state index contributed by atoms with van der Waals surface area (Å²) in [6.07, 6.45) is 7.92. The summed E-state index contributed by atoms with van der Waals surface area (Å²) < 4.78 is 30.4. The first-order chi connectivity index (χ1) is 12.1. The fourth-order valence-corrected chi connectivity index (χ4v) is 4.61. The summed E-state index contributed by atoms with van der Waals surface area (Å²) in [5.41, 5.74) is 0.398. The lowest BCUT2D eigenvalue weighted by atomic mass is 10.1. The fraction of sp³-hybridized carbons (Fsp3) is 0.421. The van der Waals surface area contributed by atoms with Crippen molar-refractivity contribution in [3.63, 3.8) is 0 Å². The van der Waals surface area contributed by atoms with E-state index >= 15 is 0 Å². The number of hydrogen-bond donors (Lipinski definition) is 1. The SMILES string of the molecule is O=C(NC1CCCCCC1)c1occc1CS(=O)(=O)c1ccccc1. The van der Waals surface area contributed by atoms with Gasteiger partial charge in [-0.2, -0.15) is 0 Å². The zero-order chi connectivity index (χ0) is 17.7. The maximum atomic E-state index is 12.5. The normalized spacial score (nSPS) is 16.3. The summed E-state index contributed by atoms with van der Waals surface area (Å²) in [4.78, 5) is 12.8. The molecule has 6 heteroatoms. The molecule has 0 saturated heterocycles. The second-order valence-corrected chi connectivity index (χ2v) is 8.50. The minimum absolute atomic E-state index is 0.101. The fourth-order valence-electron chi connectivity index (χ4n) is 3.24. The Bertz CT molecular complexity index is 803. The molecule has 0 unspecified atom stereocenters. The zero-order valence-electron chi connectivity index (χ0n) is 14.1. The van der Waals surface area contributed by atoms with Crippen LogP contribution < -0.4 is 5.32 Å². The minimum atomic E-state index is -3.52. The molecular formula is C19H23NO4S. The van der Waals surface area contributed by atoms with E-state index in [-0.39, 0.29) is 28.4 Å². The van der Waals surface area contributed by atoms with Crippen LogP contribution in [0, 0.1) is 0 Å². The molecule has 1 N–H and O–H groups in total. The first kappa shape index (κ1) is 17.7. The Morgan fingerprint density at radius 2 is 1.72 bits per heavy atom. The maximum Gasteiger partial charge on any atom is 0.287 e. The number of benzene rings is 1. The van der Waals surface area contributed by atoms with Crippen molar-refractivity contribution in [2.24, 2.45) is 0 Å². The first-order valence-electron chi connectivity index (χ1n) is 8.71. The van der Waals surface area contributed by atoms with Gasteiger partial charge in [-0.05, 0) is 31.0 Å². The summed E-state index contributed by atoms with van der Waals surface area (Å²) in [6, 6.07) is 9.94. The molecule has 0 bridgehead atoms. The van der Waals surface area contributed by atoms with Crippen LogP contribution in [-0.4, -0.2) is 20.4 Å². The lowest BCUT2D eigenvalue weighted by molar-refractivity contribution is 0.0904. The molecule has 1 aliphatic rings. The van der Waals surface area contributed by atoms with Crippen molar-refractivity contribution >= 4 is 15.7 Å². The Balaban J connectivity index is 1.73. The highest BCUT2D eigenvalue weighted by Gasteiger charge is 2.24. The molecule has 1 aromatic heterocycles. The van der Waals surface area contributed by atoms with Gasteiger partial charge in [0.05, 0.1) is 16.9 Å². The highest BCUT2D eigenvalue weighted by molar-refractivity contribution is 7.90. The molecular weight excluding hydrogens is 338 g/mol. The van der Waals surface area contributed by atoms with Crippen LogP contribution in [0.5, 0.6) is 0 Å². The molecule has 1 fully saturated rings. The van der Waals surface area contributed by atoms with E-state index in [0.29, 0.717) is 5.56 Å². The van der Waals surface area contributed by atoms with E-state index < -0.39 is 9.84 Å². The van der Waals surface area contributed by atoms with Crippen LogP contribution in [0.15, 0.2) is 52.0 Å². The number of amides is 1. The van der Waals surface area contributed by atoms with Crippen molar-refractivity contribution in [3.8, 4) is 0 Å². The van der Waals surface area contributed by atoms with Crippen molar-refractivity contribution in [1.29, 1.82) is 0 Å². The molecule has 3 rings (SSSR count). The highest BCUT2D eigenvalue weighted by atomic mass is 32.2.